The Morgan fingerprint density at radius 2 is 1.63 bits per heavy atom. The van der Waals surface area contributed by atoms with Gasteiger partial charge in [0.05, 0.1) is 11.6 Å². The number of nitriles is 1. The number of aromatic nitrogens is 2. The van der Waals surface area contributed by atoms with Gasteiger partial charge >= 0.3 is 0 Å². The molecule has 0 fully saturated rings. The molecule has 1 aromatic heterocycles. The highest BCUT2D eigenvalue weighted by molar-refractivity contribution is 7.92. The number of hydrogen-bond acceptors (Lipinski definition) is 7. The molecule has 0 aliphatic rings. The molecule has 0 aliphatic carbocycles. The molecule has 192 valence electrons. The summed E-state index contributed by atoms with van der Waals surface area (Å²) in [6, 6.07) is 21.0. The van der Waals surface area contributed by atoms with Crippen molar-refractivity contribution in [1.82, 2.24) is 9.97 Å². The number of rotatable bonds is 7. The van der Waals surface area contributed by atoms with E-state index in [4.69, 9.17) is 21.6 Å². The smallest absolute Gasteiger partial charge is 0.251 e. The van der Waals surface area contributed by atoms with Crippen LogP contribution in [0.5, 0.6) is 11.6 Å². The molecule has 4 aromatic rings. The molecule has 0 saturated carbocycles. The fraction of sp³-hybridized carbons (Fsp3) is 0.143. The Bertz CT molecular complexity index is 1630. The van der Waals surface area contributed by atoms with Crippen molar-refractivity contribution in [2.45, 2.75) is 31.2 Å². The van der Waals surface area contributed by atoms with E-state index in [1.54, 1.807) is 36.4 Å². The lowest BCUT2D eigenvalue weighted by atomic mass is 9.99. The van der Waals surface area contributed by atoms with Crippen LogP contribution in [0, 0.1) is 25.2 Å². The number of aryl methyl sites for hydroxylation is 2. The first-order chi connectivity index (χ1) is 18.1. The van der Waals surface area contributed by atoms with Gasteiger partial charge in [0.1, 0.15) is 11.0 Å². The number of nitrogens with zero attached hydrogens (tertiary/aromatic N) is 3. The van der Waals surface area contributed by atoms with E-state index in [1.165, 1.54) is 19.2 Å². The minimum Gasteiger partial charge on any atom is -0.438 e. The molecule has 1 N–H and O–H groups in total. The number of carbonyl (C=O) groups excluding carboxylic acids is 1. The van der Waals surface area contributed by atoms with E-state index in [-0.39, 0.29) is 5.88 Å². The molecule has 0 spiro atoms. The van der Waals surface area contributed by atoms with E-state index in [2.05, 4.69) is 21.4 Å². The van der Waals surface area contributed by atoms with Gasteiger partial charge in [-0.1, -0.05) is 23.7 Å². The Hall–Kier alpha value is -4.26. The number of hydrogen-bond donors (Lipinski definition) is 1. The van der Waals surface area contributed by atoms with Gasteiger partial charge in [-0.05, 0) is 91.6 Å². The molecule has 1 heterocycles. The molecule has 4 rings (SSSR count). The molecule has 10 heteroatoms. The van der Waals surface area contributed by atoms with Crippen LogP contribution in [0.3, 0.4) is 0 Å². The average molecular weight is 547 g/mol. The number of sulfone groups is 1. The number of amides is 1. The van der Waals surface area contributed by atoms with Crippen LogP contribution < -0.4 is 10.1 Å². The lowest BCUT2D eigenvalue weighted by Crippen LogP contribution is -2.33. The van der Waals surface area contributed by atoms with Gasteiger partial charge in [-0.2, -0.15) is 10.2 Å². The normalized spacial score (nSPS) is 11.9. The number of ether oxygens (including phenoxy) is 1. The first-order valence-corrected chi connectivity index (χ1v) is 13.4. The number of anilines is 1. The summed E-state index contributed by atoms with van der Waals surface area (Å²) in [5.74, 6) is -0.175. The van der Waals surface area contributed by atoms with Crippen molar-refractivity contribution in [2.75, 3.05) is 5.32 Å². The standard InChI is InChI=1S/C28H23ClN4O4S/c1-17-14-22(21-6-4-20(16-30)5-7-21)15-18(2)26(17)37-25-12-13-31-28(33-25)38(35,36)19(3)27(34)32-24-10-8-23(29)9-11-24/h4-15,19H,1-3H3,(H,32,34). The minimum atomic E-state index is -4.21. The van der Waals surface area contributed by atoms with Gasteiger partial charge in [-0.3, -0.25) is 4.79 Å². The summed E-state index contributed by atoms with van der Waals surface area (Å²) in [4.78, 5) is 20.6. The van der Waals surface area contributed by atoms with E-state index >= 15 is 0 Å². The molecular weight excluding hydrogens is 524 g/mol. The lowest BCUT2D eigenvalue weighted by Gasteiger charge is -2.15. The maximum atomic E-state index is 13.1. The van der Waals surface area contributed by atoms with Crippen molar-refractivity contribution < 1.29 is 17.9 Å². The van der Waals surface area contributed by atoms with Gasteiger partial charge < -0.3 is 10.1 Å². The van der Waals surface area contributed by atoms with E-state index in [1.807, 2.05) is 38.1 Å². The summed E-state index contributed by atoms with van der Waals surface area (Å²) >= 11 is 5.85. The van der Waals surface area contributed by atoms with Crippen LogP contribution in [0.2, 0.25) is 5.02 Å². The molecule has 0 radical (unpaired) electrons. The summed E-state index contributed by atoms with van der Waals surface area (Å²) in [6.07, 6.45) is 1.27. The maximum Gasteiger partial charge on any atom is 0.251 e. The van der Waals surface area contributed by atoms with Crippen LogP contribution in [-0.2, 0) is 14.6 Å². The van der Waals surface area contributed by atoms with E-state index in [0.717, 1.165) is 22.3 Å². The highest BCUT2D eigenvalue weighted by atomic mass is 35.5. The van der Waals surface area contributed by atoms with Gasteiger partial charge in [0.15, 0.2) is 0 Å². The van der Waals surface area contributed by atoms with Gasteiger partial charge in [-0.15, -0.1) is 0 Å². The molecule has 0 bridgehead atoms. The van der Waals surface area contributed by atoms with Crippen molar-refractivity contribution in [3.05, 3.63) is 94.6 Å². The van der Waals surface area contributed by atoms with Crippen LogP contribution in [0.4, 0.5) is 5.69 Å². The van der Waals surface area contributed by atoms with Crippen LogP contribution in [0.15, 0.2) is 78.1 Å². The summed E-state index contributed by atoms with van der Waals surface area (Å²) in [7, 11) is -4.21. The second kappa shape index (κ2) is 11.0. The summed E-state index contributed by atoms with van der Waals surface area (Å²) in [5.41, 5.74) is 4.50. The Morgan fingerprint density at radius 3 is 2.24 bits per heavy atom. The number of benzene rings is 3. The first kappa shape index (κ1) is 26.8. The van der Waals surface area contributed by atoms with Gasteiger partial charge in [0.2, 0.25) is 21.6 Å². The summed E-state index contributed by atoms with van der Waals surface area (Å²) in [5, 5.41) is 10.1. The second-order valence-electron chi connectivity index (χ2n) is 8.59. The van der Waals surface area contributed by atoms with E-state index < -0.39 is 26.2 Å². The summed E-state index contributed by atoms with van der Waals surface area (Å²) < 4.78 is 32.2. The Labute approximate surface area is 225 Å². The largest absolute Gasteiger partial charge is 0.438 e. The predicted octanol–water partition coefficient (Wildman–Crippen LogP) is 5.88. The molecule has 0 aliphatic heterocycles. The van der Waals surface area contributed by atoms with Crippen molar-refractivity contribution in [2.24, 2.45) is 0 Å². The third-order valence-corrected chi connectivity index (χ3v) is 7.93. The zero-order valence-electron chi connectivity index (χ0n) is 20.8. The highest BCUT2D eigenvalue weighted by Gasteiger charge is 2.33. The molecule has 0 saturated heterocycles. The predicted molar refractivity (Wildman–Crippen MR) is 145 cm³/mol. The van der Waals surface area contributed by atoms with Crippen molar-refractivity contribution in [1.29, 1.82) is 5.26 Å². The second-order valence-corrected chi connectivity index (χ2v) is 11.2. The van der Waals surface area contributed by atoms with Crippen molar-refractivity contribution in [3.63, 3.8) is 0 Å². The summed E-state index contributed by atoms with van der Waals surface area (Å²) in [6.45, 7) is 5.02. The molecule has 1 atom stereocenters. The average Bonchev–Trinajstić information content (AvgIpc) is 2.91. The Morgan fingerprint density at radius 1 is 1.00 bits per heavy atom. The third-order valence-electron chi connectivity index (χ3n) is 5.82. The van der Waals surface area contributed by atoms with Crippen LogP contribution in [0.25, 0.3) is 11.1 Å². The van der Waals surface area contributed by atoms with E-state index in [0.29, 0.717) is 22.0 Å². The Kier molecular flexibility index (Phi) is 7.76. The van der Waals surface area contributed by atoms with Crippen molar-refractivity contribution in [3.8, 4) is 28.8 Å². The molecule has 3 aromatic carbocycles. The minimum absolute atomic E-state index is 0.0289. The lowest BCUT2D eigenvalue weighted by molar-refractivity contribution is -0.115. The zero-order valence-corrected chi connectivity index (χ0v) is 22.3. The fourth-order valence-corrected chi connectivity index (χ4v) is 4.92. The fourth-order valence-electron chi connectivity index (χ4n) is 3.71. The molecule has 8 nitrogen and oxygen atoms in total. The van der Waals surface area contributed by atoms with Gasteiger partial charge in [0.25, 0.3) is 5.16 Å². The number of carbonyl (C=O) groups is 1. The number of halogens is 1. The zero-order chi connectivity index (χ0) is 27.4. The number of nitrogens with one attached hydrogen (secondary N) is 1. The quantitative estimate of drug-likeness (QED) is 0.287. The molecule has 1 amide bonds. The topological polar surface area (TPSA) is 122 Å². The van der Waals surface area contributed by atoms with Crippen LogP contribution >= 0.6 is 11.6 Å². The molecule has 38 heavy (non-hydrogen) atoms. The first-order valence-electron chi connectivity index (χ1n) is 11.5. The Balaban J connectivity index is 1.55. The third kappa shape index (κ3) is 5.83. The van der Waals surface area contributed by atoms with Crippen LogP contribution in [-0.4, -0.2) is 29.5 Å². The maximum absolute atomic E-state index is 13.1. The molecular formula is C28H23ClN4O4S. The monoisotopic (exact) mass is 546 g/mol. The van der Waals surface area contributed by atoms with Crippen LogP contribution in [0.1, 0.15) is 23.6 Å². The van der Waals surface area contributed by atoms with Gasteiger partial charge in [0, 0.05) is 23.0 Å². The molecule has 1 unspecified atom stereocenters. The van der Waals surface area contributed by atoms with E-state index in [9.17, 15) is 13.2 Å². The van der Waals surface area contributed by atoms with Crippen molar-refractivity contribution >= 4 is 33.0 Å². The highest BCUT2D eigenvalue weighted by Crippen LogP contribution is 2.33. The SMILES string of the molecule is Cc1cc(-c2ccc(C#N)cc2)cc(C)c1Oc1ccnc(S(=O)(=O)C(C)C(=O)Nc2ccc(Cl)cc2)n1. The van der Waals surface area contributed by atoms with Gasteiger partial charge in [-0.25, -0.2) is 13.4 Å².